The number of H-pyrrole nitrogens is 2. The van der Waals surface area contributed by atoms with Crippen molar-refractivity contribution in [2.45, 2.75) is 129 Å². The molecule has 2 fully saturated rings. The Morgan fingerprint density at radius 1 is 0.920 bits per heavy atom. The van der Waals surface area contributed by atoms with Crippen LogP contribution >= 0.6 is 0 Å². The lowest BCUT2D eigenvalue weighted by Gasteiger charge is -2.33. The normalized spacial score (nSPS) is 22.6. The van der Waals surface area contributed by atoms with E-state index in [1.54, 1.807) is 0 Å². The molecule has 0 spiro atoms. The van der Waals surface area contributed by atoms with Gasteiger partial charge in [0.15, 0.2) is 0 Å². The van der Waals surface area contributed by atoms with E-state index in [4.69, 9.17) is 14.7 Å². The van der Waals surface area contributed by atoms with Gasteiger partial charge in [-0.25, -0.2) is 9.97 Å². The summed E-state index contributed by atoms with van der Waals surface area (Å²) in [6, 6.07) is 16.0. The third-order valence-electron chi connectivity index (χ3n) is 11.5. The van der Waals surface area contributed by atoms with E-state index in [1.165, 1.54) is 5.56 Å². The van der Waals surface area contributed by atoms with E-state index < -0.39 is 6.23 Å². The minimum absolute atomic E-state index is 0.0136. The molecule has 0 bridgehead atoms. The van der Waals surface area contributed by atoms with Gasteiger partial charge in [0.25, 0.3) is 0 Å². The number of ether oxygens (including phenoxy) is 1. The second-order valence-corrected chi connectivity index (χ2v) is 14.6. The molecule has 0 saturated carbocycles. The van der Waals surface area contributed by atoms with Gasteiger partial charge in [0.2, 0.25) is 5.91 Å². The molecule has 5 heterocycles. The van der Waals surface area contributed by atoms with Gasteiger partial charge in [0.05, 0.1) is 35.0 Å². The maximum absolute atomic E-state index is 13.2. The minimum Gasteiger partial charge on any atom is -0.488 e. The van der Waals surface area contributed by atoms with Crippen LogP contribution in [0.4, 0.5) is 0 Å². The van der Waals surface area contributed by atoms with E-state index in [-0.39, 0.29) is 24.0 Å². The summed E-state index contributed by atoms with van der Waals surface area (Å²) in [5.41, 5.74) is 7.38. The summed E-state index contributed by atoms with van der Waals surface area (Å²) in [4.78, 5) is 34.7. The van der Waals surface area contributed by atoms with Crippen LogP contribution in [0.15, 0.2) is 48.7 Å². The Labute approximate surface area is 294 Å². The van der Waals surface area contributed by atoms with Crippen molar-refractivity contribution in [2.24, 2.45) is 0 Å². The Morgan fingerprint density at radius 3 is 2.54 bits per heavy atom. The fourth-order valence-corrected chi connectivity index (χ4v) is 9.01. The monoisotopic (exact) mass is 674 g/mol. The summed E-state index contributed by atoms with van der Waals surface area (Å²) >= 11 is 0. The number of benzene rings is 3. The third-order valence-corrected chi connectivity index (χ3v) is 11.5. The number of nitrogens with one attached hydrogen (secondary N) is 2. The number of fused-ring (bicyclic) bond motifs is 6. The maximum atomic E-state index is 13.2. The number of amides is 1. The van der Waals surface area contributed by atoms with E-state index in [0.717, 1.165) is 119 Å². The van der Waals surface area contributed by atoms with Crippen LogP contribution in [0.25, 0.3) is 44.2 Å². The summed E-state index contributed by atoms with van der Waals surface area (Å²) in [5, 5.41) is 13.2. The zero-order valence-electron chi connectivity index (χ0n) is 29.8. The molecule has 5 unspecified atom stereocenters. The Kier molecular flexibility index (Phi) is 8.89. The van der Waals surface area contributed by atoms with Gasteiger partial charge >= 0.3 is 0 Å². The third kappa shape index (κ3) is 5.59. The van der Waals surface area contributed by atoms with E-state index in [0.29, 0.717) is 19.1 Å². The predicted octanol–water partition coefficient (Wildman–Crippen LogP) is 8.94. The standard InChI is InChI=1S/C41H50N6O3/c1-5-9-37(48)46-27(7-3)13-17-34(46)40-42-22-33(44-40)25-11-15-29-26(19-25)23-50-36-21-30-24(20-31(29)36)12-16-32-39(30)45-41(43-32)35-18-14-28(8-4)47(35)38(49)10-6-2/h11-12,15-16,19-22,27-28,34-35,37,48H,5-10,13-14,17-18,23H2,1-4H3,(H,42,44)(H,43,45). The molecule has 2 aromatic heterocycles. The summed E-state index contributed by atoms with van der Waals surface area (Å²) in [7, 11) is 0. The van der Waals surface area contributed by atoms with Gasteiger partial charge in [-0.3, -0.25) is 9.69 Å². The lowest BCUT2D eigenvalue weighted by molar-refractivity contribution is -0.134. The first-order valence-electron chi connectivity index (χ1n) is 19.0. The number of hydrogen-bond donors (Lipinski definition) is 3. The second-order valence-electron chi connectivity index (χ2n) is 14.6. The topological polar surface area (TPSA) is 110 Å². The Hall–Kier alpha value is -4.21. The number of rotatable bonds is 10. The van der Waals surface area contributed by atoms with Gasteiger partial charge in [-0.1, -0.05) is 52.3 Å². The van der Waals surface area contributed by atoms with Crippen LogP contribution in [0.3, 0.4) is 0 Å². The number of aromatic nitrogens is 4. The smallest absolute Gasteiger partial charge is 0.223 e. The van der Waals surface area contributed by atoms with Gasteiger partial charge in [-0.2, -0.15) is 0 Å². The second kappa shape index (κ2) is 13.5. The molecular weight excluding hydrogens is 624 g/mol. The molecule has 1 amide bonds. The van der Waals surface area contributed by atoms with Gasteiger partial charge < -0.3 is 24.7 Å². The predicted molar refractivity (Wildman–Crippen MR) is 198 cm³/mol. The highest BCUT2D eigenvalue weighted by Crippen LogP contribution is 2.44. The van der Waals surface area contributed by atoms with Crippen LogP contribution in [-0.2, 0) is 11.4 Å². The molecule has 50 heavy (non-hydrogen) atoms. The number of carbonyl (C=O) groups excluding carboxylic acids is 1. The van der Waals surface area contributed by atoms with Crippen LogP contribution < -0.4 is 4.74 Å². The van der Waals surface area contributed by atoms with Crippen LogP contribution in [0.1, 0.15) is 121 Å². The number of aromatic amines is 2. The van der Waals surface area contributed by atoms with Crippen molar-refractivity contribution in [2.75, 3.05) is 0 Å². The van der Waals surface area contributed by atoms with E-state index in [2.05, 4.69) is 89.9 Å². The van der Waals surface area contributed by atoms with Gasteiger partial charge in [0, 0.05) is 29.5 Å². The first kappa shape index (κ1) is 33.0. The van der Waals surface area contributed by atoms with E-state index in [1.807, 2.05) is 6.20 Å². The SMILES string of the molecule is CCCC(=O)N1C(CC)CCC1c1nc2c(ccc3cc4c(cc32)OCc2cc(-c3cnc(C5CCC(CC)N5C(O)CCC)[nH]3)ccc2-4)[nH]1. The molecule has 0 aliphatic carbocycles. The molecule has 3 aliphatic heterocycles. The molecule has 5 atom stereocenters. The summed E-state index contributed by atoms with van der Waals surface area (Å²) in [5.74, 6) is 2.91. The highest BCUT2D eigenvalue weighted by atomic mass is 16.5. The van der Waals surface area contributed by atoms with Crippen molar-refractivity contribution < 1.29 is 14.6 Å². The number of carbonyl (C=O) groups is 1. The number of nitrogens with zero attached hydrogens (tertiary/aromatic N) is 4. The zero-order valence-corrected chi connectivity index (χ0v) is 29.8. The molecule has 9 heteroatoms. The summed E-state index contributed by atoms with van der Waals surface area (Å²) in [6.07, 6.45) is 10.7. The molecule has 3 aromatic carbocycles. The van der Waals surface area contributed by atoms with Crippen LogP contribution in [0.2, 0.25) is 0 Å². The fourth-order valence-electron chi connectivity index (χ4n) is 9.01. The highest BCUT2D eigenvalue weighted by Gasteiger charge is 2.39. The van der Waals surface area contributed by atoms with Crippen LogP contribution in [0.5, 0.6) is 5.75 Å². The number of likely N-dealkylation sites (tertiary alicyclic amines) is 2. The lowest BCUT2D eigenvalue weighted by atomic mass is 9.92. The summed E-state index contributed by atoms with van der Waals surface area (Å²) < 4.78 is 6.43. The molecule has 3 N–H and O–H groups in total. The molecular formula is C41H50N6O3. The summed E-state index contributed by atoms with van der Waals surface area (Å²) in [6.45, 7) is 9.06. The molecule has 3 aliphatic rings. The minimum atomic E-state index is -0.443. The molecule has 5 aromatic rings. The average Bonchev–Trinajstić information content (AvgIpc) is 3.95. The van der Waals surface area contributed by atoms with E-state index >= 15 is 0 Å². The largest absolute Gasteiger partial charge is 0.488 e. The molecule has 2 saturated heterocycles. The Bertz CT molecular complexity index is 2030. The average molecular weight is 675 g/mol. The fraction of sp³-hybridized carbons (Fsp3) is 0.488. The van der Waals surface area contributed by atoms with Gasteiger partial charge in [-0.05, 0) is 97.7 Å². The Morgan fingerprint density at radius 2 is 1.74 bits per heavy atom. The lowest BCUT2D eigenvalue weighted by Crippen LogP contribution is -2.40. The maximum Gasteiger partial charge on any atom is 0.223 e. The first-order valence-corrected chi connectivity index (χ1v) is 19.0. The van der Waals surface area contributed by atoms with Crippen molar-refractivity contribution in [3.63, 3.8) is 0 Å². The quantitative estimate of drug-likeness (QED) is 0.136. The highest BCUT2D eigenvalue weighted by molar-refractivity contribution is 6.07. The van der Waals surface area contributed by atoms with Crippen molar-refractivity contribution in [3.05, 3.63) is 65.9 Å². The van der Waals surface area contributed by atoms with Gasteiger partial charge in [-0.15, -0.1) is 0 Å². The Balaban J connectivity index is 1.08. The molecule has 8 rings (SSSR count). The molecule has 0 radical (unpaired) electrons. The number of aliphatic hydroxyl groups excluding tert-OH is 1. The number of imidazole rings is 2. The van der Waals surface area contributed by atoms with Crippen molar-refractivity contribution in [3.8, 4) is 28.1 Å². The molecule has 9 nitrogen and oxygen atoms in total. The number of hydrogen-bond acceptors (Lipinski definition) is 6. The van der Waals surface area contributed by atoms with Gasteiger partial charge in [0.1, 0.15) is 30.2 Å². The first-order chi connectivity index (χ1) is 24.4. The van der Waals surface area contributed by atoms with E-state index in [9.17, 15) is 9.90 Å². The van der Waals surface area contributed by atoms with Crippen molar-refractivity contribution in [1.82, 2.24) is 29.7 Å². The number of aliphatic hydroxyl groups is 1. The van der Waals surface area contributed by atoms with Crippen LogP contribution in [-0.4, -0.2) is 59.1 Å². The van der Waals surface area contributed by atoms with Crippen molar-refractivity contribution >= 4 is 27.7 Å². The van der Waals surface area contributed by atoms with Crippen LogP contribution in [0, 0.1) is 0 Å². The zero-order chi connectivity index (χ0) is 34.5. The molecule has 262 valence electrons. The van der Waals surface area contributed by atoms with Crippen molar-refractivity contribution in [1.29, 1.82) is 0 Å².